The first kappa shape index (κ1) is 13.8. The number of anilines is 1. The van der Waals surface area contributed by atoms with Crippen LogP contribution in [-0.2, 0) is 0 Å². The number of nitrogens with zero attached hydrogens (tertiary/aromatic N) is 1. The molecule has 1 unspecified atom stereocenters. The molecule has 1 atom stereocenters. The molecule has 2 N–H and O–H groups in total. The van der Waals surface area contributed by atoms with E-state index in [0.29, 0.717) is 5.92 Å². The Morgan fingerprint density at radius 1 is 1.26 bits per heavy atom. The van der Waals surface area contributed by atoms with Crippen molar-refractivity contribution in [2.75, 3.05) is 11.9 Å². The predicted octanol–water partition coefficient (Wildman–Crippen LogP) is 3.36. The van der Waals surface area contributed by atoms with Crippen LogP contribution in [0.5, 0.6) is 0 Å². The Kier molecular flexibility index (Phi) is 4.38. The second kappa shape index (κ2) is 6.02. The summed E-state index contributed by atoms with van der Waals surface area (Å²) in [5.74, 6) is 1.38. The standard InChI is InChI=1S/C16H22N2O/c1-11(2)14(8-9-19)17-16-12(3)10-13-6-4-5-7-15(13)18-16/h4-7,10-11,14,19H,8-9H2,1-3H3,(H,17,18). The minimum atomic E-state index is 0.197. The molecule has 0 bridgehead atoms. The Bertz CT molecular complexity index is 551. The second-order valence-electron chi connectivity index (χ2n) is 5.35. The number of hydrogen-bond acceptors (Lipinski definition) is 3. The summed E-state index contributed by atoms with van der Waals surface area (Å²) in [6, 6.07) is 10.5. The van der Waals surface area contributed by atoms with Crippen LogP contribution in [0.3, 0.4) is 0 Å². The van der Waals surface area contributed by atoms with Crippen LogP contribution in [0.25, 0.3) is 10.9 Å². The maximum absolute atomic E-state index is 9.14. The summed E-state index contributed by atoms with van der Waals surface area (Å²) in [4.78, 5) is 4.69. The van der Waals surface area contributed by atoms with E-state index < -0.39 is 0 Å². The van der Waals surface area contributed by atoms with Gasteiger partial charge in [-0.2, -0.15) is 0 Å². The van der Waals surface area contributed by atoms with Gasteiger partial charge in [0.05, 0.1) is 5.52 Å². The van der Waals surface area contributed by atoms with Crippen molar-refractivity contribution in [3.63, 3.8) is 0 Å². The predicted molar refractivity (Wildman–Crippen MR) is 80.4 cm³/mol. The van der Waals surface area contributed by atoms with Gasteiger partial charge in [0, 0.05) is 18.0 Å². The maximum atomic E-state index is 9.14. The van der Waals surface area contributed by atoms with Gasteiger partial charge in [-0.3, -0.25) is 0 Å². The van der Waals surface area contributed by atoms with E-state index in [2.05, 4.69) is 43.2 Å². The summed E-state index contributed by atoms with van der Waals surface area (Å²) in [5.41, 5.74) is 2.14. The molecule has 0 aliphatic carbocycles. The smallest absolute Gasteiger partial charge is 0.129 e. The molecule has 2 rings (SSSR count). The van der Waals surface area contributed by atoms with Crippen LogP contribution in [0.1, 0.15) is 25.8 Å². The average molecular weight is 258 g/mol. The quantitative estimate of drug-likeness (QED) is 0.864. The molecule has 19 heavy (non-hydrogen) atoms. The topological polar surface area (TPSA) is 45.2 Å². The van der Waals surface area contributed by atoms with Gasteiger partial charge in [-0.1, -0.05) is 32.0 Å². The number of nitrogens with one attached hydrogen (secondary N) is 1. The normalized spacial score (nSPS) is 12.9. The van der Waals surface area contributed by atoms with E-state index in [0.717, 1.165) is 28.7 Å². The van der Waals surface area contributed by atoms with Crippen molar-refractivity contribution in [3.8, 4) is 0 Å². The maximum Gasteiger partial charge on any atom is 0.129 e. The van der Waals surface area contributed by atoms with Gasteiger partial charge < -0.3 is 10.4 Å². The lowest BCUT2D eigenvalue weighted by Gasteiger charge is -2.23. The van der Waals surface area contributed by atoms with Crippen LogP contribution in [-0.4, -0.2) is 22.7 Å². The number of aromatic nitrogens is 1. The molecule has 2 aromatic rings. The molecule has 0 saturated carbocycles. The lowest BCUT2D eigenvalue weighted by atomic mass is 10.0. The summed E-state index contributed by atoms with van der Waals surface area (Å²) >= 11 is 0. The molecule has 1 aromatic heterocycles. The fourth-order valence-corrected chi connectivity index (χ4v) is 2.25. The Labute approximate surface area is 114 Å². The van der Waals surface area contributed by atoms with E-state index in [9.17, 15) is 0 Å². The molecular formula is C16H22N2O. The van der Waals surface area contributed by atoms with Crippen LogP contribution in [0, 0.1) is 12.8 Å². The number of para-hydroxylation sites is 1. The van der Waals surface area contributed by atoms with E-state index in [1.54, 1.807) is 0 Å². The fraction of sp³-hybridized carbons (Fsp3) is 0.438. The molecule has 0 fully saturated rings. The highest BCUT2D eigenvalue weighted by molar-refractivity contribution is 5.81. The second-order valence-corrected chi connectivity index (χ2v) is 5.35. The Morgan fingerprint density at radius 3 is 2.68 bits per heavy atom. The third kappa shape index (κ3) is 3.24. The number of aliphatic hydroxyl groups is 1. The molecule has 0 amide bonds. The fourth-order valence-electron chi connectivity index (χ4n) is 2.25. The van der Waals surface area contributed by atoms with E-state index in [-0.39, 0.29) is 12.6 Å². The first-order chi connectivity index (χ1) is 9.11. The van der Waals surface area contributed by atoms with Crippen molar-refractivity contribution in [2.24, 2.45) is 5.92 Å². The molecule has 0 spiro atoms. The Balaban J connectivity index is 2.31. The highest BCUT2D eigenvalue weighted by atomic mass is 16.3. The lowest BCUT2D eigenvalue weighted by Crippen LogP contribution is -2.27. The summed E-state index contributed by atoms with van der Waals surface area (Å²) < 4.78 is 0. The molecule has 1 heterocycles. The molecule has 0 aliphatic rings. The van der Waals surface area contributed by atoms with Crippen LogP contribution >= 0.6 is 0 Å². The van der Waals surface area contributed by atoms with Crippen molar-refractivity contribution in [2.45, 2.75) is 33.2 Å². The number of aryl methyl sites for hydroxylation is 1. The van der Waals surface area contributed by atoms with Crippen molar-refractivity contribution >= 4 is 16.7 Å². The van der Waals surface area contributed by atoms with Gasteiger partial charge in [-0.15, -0.1) is 0 Å². The van der Waals surface area contributed by atoms with Gasteiger partial charge in [0.15, 0.2) is 0 Å². The zero-order valence-corrected chi connectivity index (χ0v) is 11.9. The SMILES string of the molecule is Cc1cc2ccccc2nc1NC(CCO)C(C)C. The van der Waals surface area contributed by atoms with Gasteiger partial charge in [0.25, 0.3) is 0 Å². The third-order valence-corrected chi connectivity index (χ3v) is 3.48. The number of pyridine rings is 1. The van der Waals surface area contributed by atoms with Crippen LogP contribution < -0.4 is 5.32 Å². The molecular weight excluding hydrogens is 236 g/mol. The number of hydrogen-bond donors (Lipinski definition) is 2. The monoisotopic (exact) mass is 258 g/mol. The van der Waals surface area contributed by atoms with Gasteiger partial charge >= 0.3 is 0 Å². The molecule has 102 valence electrons. The minimum Gasteiger partial charge on any atom is -0.396 e. The van der Waals surface area contributed by atoms with Crippen molar-refractivity contribution in [1.29, 1.82) is 0 Å². The number of fused-ring (bicyclic) bond motifs is 1. The van der Waals surface area contributed by atoms with Crippen molar-refractivity contribution in [1.82, 2.24) is 4.98 Å². The van der Waals surface area contributed by atoms with Crippen molar-refractivity contribution in [3.05, 3.63) is 35.9 Å². The van der Waals surface area contributed by atoms with Crippen LogP contribution in [0.4, 0.5) is 5.82 Å². The summed E-state index contributed by atoms with van der Waals surface area (Å²) in [7, 11) is 0. The van der Waals surface area contributed by atoms with Gasteiger partial charge in [-0.05, 0) is 37.0 Å². The zero-order valence-electron chi connectivity index (χ0n) is 11.9. The molecule has 3 heteroatoms. The van der Waals surface area contributed by atoms with E-state index in [4.69, 9.17) is 5.11 Å². The molecule has 1 aromatic carbocycles. The van der Waals surface area contributed by atoms with Crippen LogP contribution in [0.2, 0.25) is 0 Å². The average Bonchev–Trinajstić information content (AvgIpc) is 2.38. The lowest BCUT2D eigenvalue weighted by molar-refractivity contribution is 0.267. The van der Waals surface area contributed by atoms with E-state index >= 15 is 0 Å². The highest BCUT2D eigenvalue weighted by Gasteiger charge is 2.14. The molecule has 3 nitrogen and oxygen atoms in total. The number of rotatable bonds is 5. The highest BCUT2D eigenvalue weighted by Crippen LogP contribution is 2.22. The Hall–Kier alpha value is -1.61. The first-order valence-corrected chi connectivity index (χ1v) is 6.85. The van der Waals surface area contributed by atoms with Crippen LogP contribution in [0.15, 0.2) is 30.3 Å². The summed E-state index contributed by atoms with van der Waals surface area (Å²) in [6.45, 7) is 6.58. The van der Waals surface area contributed by atoms with E-state index in [1.165, 1.54) is 0 Å². The zero-order chi connectivity index (χ0) is 13.8. The van der Waals surface area contributed by atoms with Gasteiger partial charge in [0.1, 0.15) is 5.82 Å². The van der Waals surface area contributed by atoms with E-state index in [1.807, 2.05) is 18.2 Å². The molecule has 0 radical (unpaired) electrons. The van der Waals surface area contributed by atoms with Crippen molar-refractivity contribution < 1.29 is 5.11 Å². The summed E-state index contributed by atoms with van der Waals surface area (Å²) in [6.07, 6.45) is 0.742. The molecule has 0 saturated heterocycles. The Morgan fingerprint density at radius 2 is 2.00 bits per heavy atom. The number of benzene rings is 1. The number of aliphatic hydroxyl groups excluding tert-OH is 1. The first-order valence-electron chi connectivity index (χ1n) is 6.85. The molecule has 0 aliphatic heterocycles. The summed E-state index contributed by atoms with van der Waals surface area (Å²) in [5, 5.41) is 13.8. The van der Waals surface area contributed by atoms with Gasteiger partial charge in [-0.25, -0.2) is 4.98 Å². The third-order valence-electron chi connectivity index (χ3n) is 3.48. The minimum absolute atomic E-state index is 0.197. The van der Waals surface area contributed by atoms with Gasteiger partial charge in [0.2, 0.25) is 0 Å². The largest absolute Gasteiger partial charge is 0.396 e.